The average Bonchev–Trinajstić information content (AvgIpc) is 3.09. The number of unbranched alkanes of at least 4 members (excludes halogenated alkanes) is 1. The van der Waals surface area contributed by atoms with Crippen molar-refractivity contribution in [2.24, 2.45) is 0 Å². The Hall–Kier alpha value is -1.66. The minimum Gasteiger partial charge on any atom is -0.390 e. The van der Waals surface area contributed by atoms with Crippen LogP contribution in [-0.2, 0) is 17.8 Å². The van der Waals surface area contributed by atoms with Gasteiger partial charge in [-0.05, 0) is 25.7 Å². The molecule has 1 N–H and O–H groups in total. The average molecular weight is 316 g/mol. The molecule has 0 aromatic carbocycles. The molecule has 0 radical (unpaired) electrons. The largest absolute Gasteiger partial charge is 0.390 e. The van der Waals surface area contributed by atoms with Crippen LogP contribution in [0.2, 0.25) is 0 Å². The van der Waals surface area contributed by atoms with Crippen molar-refractivity contribution in [1.82, 2.24) is 14.6 Å². The van der Waals surface area contributed by atoms with Crippen molar-refractivity contribution >= 4 is 11.5 Å². The van der Waals surface area contributed by atoms with Gasteiger partial charge in [-0.15, -0.1) is 0 Å². The quantitative estimate of drug-likeness (QED) is 0.913. The van der Waals surface area contributed by atoms with E-state index in [2.05, 4.69) is 22.9 Å². The second-order valence-corrected chi connectivity index (χ2v) is 6.60. The molecule has 2 atom stereocenters. The van der Waals surface area contributed by atoms with Gasteiger partial charge in [0.1, 0.15) is 5.82 Å². The second-order valence-electron chi connectivity index (χ2n) is 6.60. The Morgan fingerprint density at radius 2 is 2.00 bits per heavy atom. The van der Waals surface area contributed by atoms with Gasteiger partial charge in [0.25, 0.3) is 0 Å². The van der Waals surface area contributed by atoms with E-state index in [1.807, 2.05) is 10.6 Å². The van der Waals surface area contributed by atoms with Crippen LogP contribution in [-0.4, -0.2) is 45.0 Å². The Kier molecular flexibility index (Phi) is 3.95. The van der Waals surface area contributed by atoms with Crippen LogP contribution in [0.1, 0.15) is 44.0 Å². The zero-order valence-corrected chi connectivity index (χ0v) is 13.6. The van der Waals surface area contributed by atoms with Gasteiger partial charge in [-0.1, -0.05) is 13.3 Å². The Morgan fingerprint density at radius 1 is 1.22 bits per heavy atom. The molecule has 2 unspecified atom stereocenters. The molecule has 124 valence electrons. The zero-order chi connectivity index (χ0) is 15.8. The van der Waals surface area contributed by atoms with E-state index in [0.717, 1.165) is 62.5 Å². The fourth-order valence-electron chi connectivity index (χ4n) is 3.80. The van der Waals surface area contributed by atoms with Gasteiger partial charge in [-0.2, -0.15) is 9.61 Å². The van der Waals surface area contributed by atoms with Gasteiger partial charge in [0.05, 0.1) is 43.3 Å². The number of rotatable bonds is 5. The first-order valence-corrected chi connectivity index (χ1v) is 8.65. The van der Waals surface area contributed by atoms with E-state index < -0.39 is 0 Å². The highest BCUT2D eigenvalue weighted by Crippen LogP contribution is 2.34. The summed E-state index contributed by atoms with van der Waals surface area (Å²) in [4.78, 5) is 6.98. The normalized spacial score (nSPS) is 23.8. The van der Waals surface area contributed by atoms with Crippen molar-refractivity contribution < 1.29 is 9.84 Å². The number of aliphatic hydroxyl groups is 1. The Morgan fingerprint density at radius 3 is 2.70 bits per heavy atom. The number of ether oxygens (including phenoxy) is 1. The van der Waals surface area contributed by atoms with E-state index in [1.165, 1.54) is 0 Å². The third-order valence-corrected chi connectivity index (χ3v) is 4.97. The number of aliphatic hydroxyl groups excluding tert-OH is 1. The maximum absolute atomic E-state index is 9.58. The van der Waals surface area contributed by atoms with Crippen LogP contribution in [0.3, 0.4) is 0 Å². The van der Waals surface area contributed by atoms with Gasteiger partial charge in [0, 0.05) is 12.1 Å². The molecule has 0 amide bonds. The number of hydrogen-bond acceptors (Lipinski definition) is 5. The summed E-state index contributed by atoms with van der Waals surface area (Å²) < 4.78 is 7.66. The van der Waals surface area contributed by atoms with Crippen molar-refractivity contribution in [1.29, 1.82) is 0 Å². The highest BCUT2D eigenvalue weighted by molar-refractivity contribution is 5.54. The van der Waals surface area contributed by atoms with Crippen molar-refractivity contribution in [3.8, 4) is 0 Å². The molecule has 0 spiro atoms. The summed E-state index contributed by atoms with van der Waals surface area (Å²) in [6.45, 7) is 3.70. The smallest absolute Gasteiger partial charge is 0.157 e. The van der Waals surface area contributed by atoms with Crippen LogP contribution in [0.4, 0.5) is 5.82 Å². The van der Waals surface area contributed by atoms with Crippen molar-refractivity contribution in [2.75, 3.05) is 18.1 Å². The third-order valence-electron chi connectivity index (χ3n) is 4.97. The summed E-state index contributed by atoms with van der Waals surface area (Å²) in [5, 5.41) is 14.4. The van der Waals surface area contributed by atoms with Crippen LogP contribution in [0, 0.1) is 0 Å². The maximum Gasteiger partial charge on any atom is 0.157 e. The molecular formula is C17H24N4O2. The monoisotopic (exact) mass is 316 g/mol. The first-order valence-electron chi connectivity index (χ1n) is 8.65. The molecule has 0 aliphatic carbocycles. The lowest BCUT2D eigenvalue weighted by molar-refractivity contribution is 0.0899. The fraction of sp³-hybridized carbons (Fsp3) is 0.647. The molecule has 2 aliphatic heterocycles. The van der Waals surface area contributed by atoms with E-state index in [4.69, 9.17) is 9.84 Å². The van der Waals surface area contributed by atoms with Crippen LogP contribution >= 0.6 is 0 Å². The molecule has 0 saturated carbocycles. The molecule has 4 rings (SSSR count). The standard InChI is InChI=1S/C17H24N4O2/c1-2-3-4-12-7-16-18-13(9-22)8-17(21(16)19-12)20-14-5-6-15(20)11-23-10-14/h7-8,14-15,22H,2-6,9-11H2,1H3. The predicted molar refractivity (Wildman–Crippen MR) is 87.6 cm³/mol. The SMILES string of the molecule is CCCCc1cc2nc(CO)cc(N3C4CCC3COC4)n2n1. The van der Waals surface area contributed by atoms with Gasteiger partial charge < -0.3 is 14.7 Å². The van der Waals surface area contributed by atoms with E-state index in [9.17, 15) is 5.11 Å². The summed E-state index contributed by atoms with van der Waals surface area (Å²) >= 11 is 0. The molecule has 2 aromatic rings. The number of anilines is 1. The molecule has 4 heterocycles. The van der Waals surface area contributed by atoms with E-state index >= 15 is 0 Å². The zero-order valence-electron chi connectivity index (χ0n) is 13.6. The third kappa shape index (κ3) is 2.60. The number of nitrogens with zero attached hydrogens (tertiary/aromatic N) is 4. The van der Waals surface area contributed by atoms with Gasteiger partial charge >= 0.3 is 0 Å². The van der Waals surface area contributed by atoms with E-state index in [1.54, 1.807) is 0 Å². The van der Waals surface area contributed by atoms with Gasteiger partial charge in [0.2, 0.25) is 0 Å². The topological polar surface area (TPSA) is 62.9 Å². The molecule has 2 aromatic heterocycles. The number of fused-ring (bicyclic) bond motifs is 3. The minimum atomic E-state index is -0.0430. The summed E-state index contributed by atoms with van der Waals surface area (Å²) in [6.07, 6.45) is 5.59. The lowest BCUT2D eigenvalue weighted by atomic mass is 10.2. The highest BCUT2D eigenvalue weighted by atomic mass is 16.5. The molecule has 2 fully saturated rings. The van der Waals surface area contributed by atoms with Crippen LogP contribution < -0.4 is 4.90 Å². The molecule has 2 bridgehead atoms. The summed E-state index contributed by atoms with van der Waals surface area (Å²) in [7, 11) is 0. The summed E-state index contributed by atoms with van der Waals surface area (Å²) in [5.74, 6) is 1.05. The Bertz CT molecular complexity index is 683. The van der Waals surface area contributed by atoms with Gasteiger partial charge in [0.15, 0.2) is 5.65 Å². The first kappa shape index (κ1) is 14.9. The Labute approximate surface area is 136 Å². The van der Waals surface area contributed by atoms with Crippen LogP contribution in [0.5, 0.6) is 0 Å². The van der Waals surface area contributed by atoms with Crippen molar-refractivity contribution in [2.45, 2.75) is 57.7 Å². The number of morpholine rings is 1. The van der Waals surface area contributed by atoms with Gasteiger partial charge in [-0.25, -0.2) is 4.98 Å². The minimum absolute atomic E-state index is 0.0430. The molecule has 6 nitrogen and oxygen atoms in total. The molecule has 23 heavy (non-hydrogen) atoms. The highest BCUT2D eigenvalue weighted by Gasteiger charge is 2.38. The number of aromatic nitrogens is 3. The fourth-order valence-corrected chi connectivity index (χ4v) is 3.80. The summed E-state index contributed by atoms with van der Waals surface area (Å²) in [5.41, 5.74) is 2.63. The van der Waals surface area contributed by atoms with Crippen LogP contribution in [0.25, 0.3) is 5.65 Å². The molecule has 6 heteroatoms. The molecule has 2 saturated heterocycles. The van der Waals surface area contributed by atoms with Gasteiger partial charge in [-0.3, -0.25) is 0 Å². The number of aryl methyl sites for hydroxylation is 1. The van der Waals surface area contributed by atoms with Crippen molar-refractivity contribution in [3.05, 3.63) is 23.5 Å². The molecular weight excluding hydrogens is 292 g/mol. The van der Waals surface area contributed by atoms with Crippen molar-refractivity contribution in [3.63, 3.8) is 0 Å². The Balaban J connectivity index is 1.79. The van der Waals surface area contributed by atoms with E-state index in [-0.39, 0.29) is 6.61 Å². The second kappa shape index (κ2) is 6.09. The van der Waals surface area contributed by atoms with E-state index in [0.29, 0.717) is 17.8 Å². The lowest BCUT2D eigenvalue weighted by Gasteiger charge is -2.36. The maximum atomic E-state index is 9.58. The van der Waals surface area contributed by atoms with Crippen LogP contribution in [0.15, 0.2) is 12.1 Å². The lowest BCUT2D eigenvalue weighted by Crippen LogP contribution is -2.46. The predicted octanol–water partition coefficient (Wildman–Crippen LogP) is 1.93. The number of hydrogen-bond donors (Lipinski definition) is 1. The molecule has 2 aliphatic rings. The first-order chi connectivity index (χ1) is 11.3. The summed E-state index contributed by atoms with van der Waals surface area (Å²) in [6, 6.07) is 4.87.